The third-order valence-corrected chi connectivity index (χ3v) is 6.29. The molecule has 1 aromatic carbocycles. The Bertz CT molecular complexity index is 708. The lowest BCUT2D eigenvalue weighted by molar-refractivity contribution is -0.136. The standard InChI is InChI=1S/C23H35FN4O2/c1-17-12-18(2)15-28(14-17)22(29)16-26-8-10-27(11-9-26)19(3)23(30)25-13-20-4-6-21(24)7-5-20/h4-7,17-19H,8-16H2,1-3H3,(H,25,30)/t17-,18+,19-/m0/s1. The van der Waals surface area contributed by atoms with Crippen LogP contribution < -0.4 is 5.32 Å². The summed E-state index contributed by atoms with van der Waals surface area (Å²) in [6.07, 6.45) is 1.20. The second-order valence-corrected chi connectivity index (χ2v) is 9.08. The summed E-state index contributed by atoms with van der Waals surface area (Å²) in [6.45, 7) is 12.1. The number of nitrogens with zero attached hydrogens (tertiary/aromatic N) is 3. The van der Waals surface area contributed by atoms with Crippen LogP contribution >= 0.6 is 0 Å². The van der Waals surface area contributed by atoms with Crippen LogP contribution in [0.15, 0.2) is 24.3 Å². The first-order chi connectivity index (χ1) is 14.3. The van der Waals surface area contributed by atoms with Crippen LogP contribution in [0.3, 0.4) is 0 Å². The van der Waals surface area contributed by atoms with Crippen molar-refractivity contribution in [1.29, 1.82) is 0 Å². The Hall–Kier alpha value is -1.99. The largest absolute Gasteiger partial charge is 0.351 e. The molecule has 0 unspecified atom stereocenters. The molecular formula is C23H35FN4O2. The molecule has 2 fully saturated rings. The van der Waals surface area contributed by atoms with E-state index in [1.807, 2.05) is 11.8 Å². The first kappa shape index (κ1) is 22.7. The molecule has 1 N–H and O–H groups in total. The molecule has 2 amide bonds. The Balaban J connectivity index is 1.40. The molecule has 2 aliphatic heterocycles. The van der Waals surface area contributed by atoms with Gasteiger partial charge in [0.25, 0.3) is 0 Å². The number of benzene rings is 1. The maximum atomic E-state index is 13.0. The number of hydrogen-bond acceptors (Lipinski definition) is 4. The lowest BCUT2D eigenvalue weighted by atomic mass is 9.92. The topological polar surface area (TPSA) is 55.9 Å². The van der Waals surface area contributed by atoms with E-state index in [9.17, 15) is 14.0 Å². The lowest BCUT2D eigenvalue weighted by Gasteiger charge is -2.39. The monoisotopic (exact) mass is 418 g/mol. The minimum Gasteiger partial charge on any atom is -0.351 e. The highest BCUT2D eigenvalue weighted by atomic mass is 19.1. The van der Waals surface area contributed by atoms with E-state index in [1.165, 1.54) is 18.6 Å². The van der Waals surface area contributed by atoms with Gasteiger partial charge in [-0.1, -0.05) is 26.0 Å². The van der Waals surface area contributed by atoms with Crippen molar-refractivity contribution < 1.29 is 14.0 Å². The van der Waals surface area contributed by atoms with Crippen molar-refractivity contribution in [3.05, 3.63) is 35.6 Å². The molecule has 1 aromatic rings. The van der Waals surface area contributed by atoms with Crippen molar-refractivity contribution in [3.8, 4) is 0 Å². The summed E-state index contributed by atoms with van der Waals surface area (Å²) in [5.74, 6) is 1.07. The number of piperidine rings is 1. The van der Waals surface area contributed by atoms with Crippen molar-refractivity contribution in [2.45, 2.75) is 39.8 Å². The number of hydrogen-bond donors (Lipinski definition) is 1. The van der Waals surface area contributed by atoms with Crippen molar-refractivity contribution >= 4 is 11.8 Å². The highest BCUT2D eigenvalue weighted by Gasteiger charge is 2.29. The van der Waals surface area contributed by atoms with Gasteiger partial charge in [-0.3, -0.25) is 19.4 Å². The molecule has 166 valence electrons. The number of amides is 2. The van der Waals surface area contributed by atoms with E-state index < -0.39 is 0 Å². The van der Waals surface area contributed by atoms with Crippen LogP contribution in [0, 0.1) is 17.7 Å². The quantitative estimate of drug-likeness (QED) is 0.767. The third kappa shape index (κ3) is 6.25. The molecule has 2 aliphatic rings. The number of carbonyl (C=O) groups excluding carboxylic acids is 2. The second-order valence-electron chi connectivity index (χ2n) is 9.08. The minimum absolute atomic E-state index is 0.0276. The molecule has 0 bridgehead atoms. The molecule has 0 aromatic heterocycles. The maximum Gasteiger partial charge on any atom is 0.237 e. The van der Waals surface area contributed by atoms with Crippen LogP contribution in [0.1, 0.15) is 32.8 Å². The summed E-state index contributed by atoms with van der Waals surface area (Å²) >= 11 is 0. The van der Waals surface area contributed by atoms with E-state index >= 15 is 0 Å². The minimum atomic E-state index is -0.279. The lowest BCUT2D eigenvalue weighted by Crippen LogP contribution is -2.55. The van der Waals surface area contributed by atoms with Gasteiger partial charge in [0.1, 0.15) is 5.82 Å². The average molecular weight is 419 g/mol. The van der Waals surface area contributed by atoms with Gasteiger partial charge in [0.15, 0.2) is 0 Å². The average Bonchev–Trinajstić information content (AvgIpc) is 2.72. The van der Waals surface area contributed by atoms with Crippen LogP contribution in [0.5, 0.6) is 0 Å². The van der Waals surface area contributed by atoms with E-state index in [1.54, 1.807) is 12.1 Å². The summed E-state index contributed by atoms with van der Waals surface area (Å²) in [5.41, 5.74) is 0.877. The summed E-state index contributed by atoms with van der Waals surface area (Å²) in [5, 5.41) is 2.93. The van der Waals surface area contributed by atoms with Gasteiger partial charge < -0.3 is 10.2 Å². The second kappa shape index (κ2) is 10.4. The maximum absolute atomic E-state index is 13.0. The predicted octanol–water partition coefficient (Wildman–Crippen LogP) is 1.95. The molecule has 3 atom stereocenters. The summed E-state index contributed by atoms with van der Waals surface area (Å²) in [7, 11) is 0. The zero-order valence-corrected chi connectivity index (χ0v) is 18.4. The van der Waals surface area contributed by atoms with Crippen LogP contribution in [0.2, 0.25) is 0 Å². The fraction of sp³-hybridized carbons (Fsp3) is 0.652. The van der Waals surface area contributed by atoms with Gasteiger partial charge in [0.2, 0.25) is 11.8 Å². The van der Waals surface area contributed by atoms with Gasteiger partial charge in [-0.2, -0.15) is 0 Å². The van der Waals surface area contributed by atoms with Crippen molar-refractivity contribution in [1.82, 2.24) is 20.0 Å². The number of nitrogens with one attached hydrogen (secondary N) is 1. The van der Waals surface area contributed by atoms with Crippen LogP contribution in [-0.2, 0) is 16.1 Å². The van der Waals surface area contributed by atoms with Crippen LogP contribution in [-0.4, -0.2) is 78.4 Å². The van der Waals surface area contributed by atoms with Crippen LogP contribution in [0.4, 0.5) is 4.39 Å². The van der Waals surface area contributed by atoms with E-state index in [0.717, 1.165) is 44.8 Å². The normalized spacial score (nSPS) is 24.5. The molecular weight excluding hydrogens is 383 g/mol. The van der Waals surface area contributed by atoms with Gasteiger partial charge in [0, 0.05) is 45.8 Å². The van der Waals surface area contributed by atoms with Gasteiger partial charge >= 0.3 is 0 Å². The molecule has 3 rings (SSSR count). The van der Waals surface area contributed by atoms with E-state index in [4.69, 9.17) is 0 Å². The smallest absolute Gasteiger partial charge is 0.237 e. The third-order valence-electron chi connectivity index (χ3n) is 6.29. The van der Waals surface area contributed by atoms with E-state index in [0.29, 0.717) is 24.9 Å². The first-order valence-corrected chi connectivity index (χ1v) is 11.1. The Kier molecular flexibility index (Phi) is 7.83. The molecule has 6 nitrogen and oxygen atoms in total. The Morgan fingerprint density at radius 3 is 2.27 bits per heavy atom. The predicted molar refractivity (Wildman–Crippen MR) is 115 cm³/mol. The first-order valence-electron chi connectivity index (χ1n) is 11.1. The molecule has 0 aliphatic carbocycles. The molecule has 0 saturated carbocycles. The summed E-state index contributed by atoms with van der Waals surface area (Å²) < 4.78 is 13.0. The summed E-state index contributed by atoms with van der Waals surface area (Å²) in [4.78, 5) is 31.6. The SMILES string of the molecule is C[C@@H]1C[C@H](C)CN(C(=O)CN2CCN([C@@H](C)C(=O)NCc3ccc(F)cc3)CC2)C1. The number of rotatable bonds is 6. The number of halogens is 1. The Morgan fingerprint density at radius 1 is 1.07 bits per heavy atom. The van der Waals surface area contributed by atoms with Gasteiger partial charge in [-0.05, 0) is 42.9 Å². The Labute approximate surface area is 179 Å². The zero-order chi connectivity index (χ0) is 21.7. The van der Waals surface area contributed by atoms with Gasteiger partial charge in [-0.15, -0.1) is 0 Å². The van der Waals surface area contributed by atoms with Gasteiger partial charge in [0.05, 0.1) is 12.6 Å². The fourth-order valence-corrected chi connectivity index (χ4v) is 4.57. The molecule has 7 heteroatoms. The molecule has 2 saturated heterocycles. The fourth-order valence-electron chi connectivity index (χ4n) is 4.57. The number of likely N-dealkylation sites (tertiary alicyclic amines) is 1. The van der Waals surface area contributed by atoms with Crippen molar-refractivity contribution in [3.63, 3.8) is 0 Å². The van der Waals surface area contributed by atoms with Crippen LogP contribution in [0.25, 0.3) is 0 Å². The Morgan fingerprint density at radius 2 is 1.67 bits per heavy atom. The molecule has 0 radical (unpaired) electrons. The molecule has 0 spiro atoms. The highest BCUT2D eigenvalue weighted by molar-refractivity contribution is 5.81. The number of carbonyl (C=O) groups is 2. The zero-order valence-electron chi connectivity index (χ0n) is 18.4. The van der Waals surface area contributed by atoms with E-state index in [2.05, 4.69) is 29.0 Å². The highest BCUT2D eigenvalue weighted by Crippen LogP contribution is 2.21. The number of piperazine rings is 1. The van der Waals surface area contributed by atoms with Crippen molar-refractivity contribution in [2.75, 3.05) is 45.8 Å². The molecule has 30 heavy (non-hydrogen) atoms. The van der Waals surface area contributed by atoms with Gasteiger partial charge in [-0.25, -0.2) is 4.39 Å². The summed E-state index contributed by atoms with van der Waals surface area (Å²) in [6, 6.07) is 5.93. The van der Waals surface area contributed by atoms with Crippen molar-refractivity contribution in [2.24, 2.45) is 11.8 Å². The van der Waals surface area contributed by atoms with E-state index in [-0.39, 0.29) is 23.7 Å². The molecule has 2 heterocycles.